The lowest BCUT2D eigenvalue weighted by molar-refractivity contribution is -0.159. The molecule has 8 nitrogen and oxygen atoms in total. The number of methoxy groups -OCH3 is 2. The molecule has 3 fully saturated rings. The molecule has 2 aromatic carbocycles. The second kappa shape index (κ2) is 9.50. The van der Waals surface area contributed by atoms with Gasteiger partial charge in [0.2, 0.25) is 5.91 Å². The number of ether oxygens (including phenoxy) is 2. The molecular formula is C30H35N3O5. The van der Waals surface area contributed by atoms with Gasteiger partial charge in [0.05, 0.1) is 43.1 Å². The van der Waals surface area contributed by atoms with Gasteiger partial charge in [-0.05, 0) is 67.3 Å². The van der Waals surface area contributed by atoms with Crippen LogP contribution in [0.4, 0.5) is 11.4 Å². The van der Waals surface area contributed by atoms with E-state index < -0.39 is 17.4 Å². The summed E-state index contributed by atoms with van der Waals surface area (Å²) < 4.78 is 11.1. The number of carbonyl (C=O) groups is 2. The fraction of sp³-hybridized carbons (Fsp3) is 0.500. The van der Waals surface area contributed by atoms with Crippen LogP contribution >= 0.6 is 0 Å². The number of nitrogens with zero attached hydrogens (tertiary/aromatic N) is 2. The van der Waals surface area contributed by atoms with Gasteiger partial charge in [0.15, 0.2) is 0 Å². The van der Waals surface area contributed by atoms with Crippen molar-refractivity contribution in [2.45, 2.75) is 50.2 Å². The topological polar surface area (TPSA) is 100 Å². The van der Waals surface area contributed by atoms with Crippen molar-refractivity contribution in [2.24, 2.45) is 22.7 Å². The average Bonchev–Trinajstić information content (AvgIpc) is 3.27. The SMILES string of the molecule is COC(=O)[C@@H]1[C@H]2C[C@H]3C4=Nc5ccccc5[C@@]4(c4cc(NC(C)=O)ccc4OC)CCN3C[C@@H]2CC[C@@H]1O. The van der Waals surface area contributed by atoms with Crippen LogP contribution < -0.4 is 10.1 Å². The molecule has 8 heteroatoms. The van der Waals surface area contributed by atoms with Crippen molar-refractivity contribution in [2.75, 3.05) is 32.6 Å². The molecule has 6 rings (SSSR count). The van der Waals surface area contributed by atoms with Crippen LogP contribution in [0, 0.1) is 17.8 Å². The van der Waals surface area contributed by atoms with E-state index in [4.69, 9.17) is 14.5 Å². The number of aliphatic hydroxyl groups is 1. The molecule has 1 amide bonds. The highest BCUT2D eigenvalue weighted by Gasteiger charge is 2.57. The van der Waals surface area contributed by atoms with Crippen LogP contribution in [0.2, 0.25) is 0 Å². The summed E-state index contributed by atoms with van der Waals surface area (Å²) in [6.07, 6.45) is 2.43. The standard InChI is InChI=1S/C30H35N3O5/c1-17(34)31-19-9-11-26(37-2)22(14-19)30-12-13-33-16-18-8-10-25(35)27(29(36)38-3)20(18)15-24(33)28(30)32-23-7-5-4-6-21(23)30/h4-7,9,11,14,18,20,24-25,27,35H,8,10,12-13,15-16H2,1-3H3,(H,31,34)/t18-,20-,24-,25-,27+,30+/m0/s1. The van der Waals surface area contributed by atoms with Crippen molar-refractivity contribution in [3.8, 4) is 5.75 Å². The van der Waals surface area contributed by atoms with Crippen molar-refractivity contribution < 1.29 is 24.2 Å². The van der Waals surface area contributed by atoms with Crippen molar-refractivity contribution in [3.05, 3.63) is 53.6 Å². The maximum absolute atomic E-state index is 12.8. The van der Waals surface area contributed by atoms with Crippen LogP contribution in [0.1, 0.15) is 43.7 Å². The highest BCUT2D eigenvalue weighted by atomic mass is 16.5. The van der Waals surface area contributed by atoms with Crippen molar-refractivity contribution in [1.29, 1.82) is 0 Å². The van der Waals surface area contributed by atoms with E-state index in [1.54, 1.807) is 7.11 Å². The fourth-order valence-electron chi connectivity index (χ4n) is 7.73. The molecule has 3 aliphatic heterocycles. The number of hydrogen-bond acceptors (Lipinski definition) is 7. The Morgan fingerprint density at radius 2 is 1.95 bits per heavy atom. The molecule has 1 saturated carbocycles. The number of rotatable bonds is 4. The van der Waals surface area contributed by atoms with Gasteiger partial charge in [-0.1, -0.05) is 18.2 Å². The highest BCUT2D eigenvalue weighted by molar-refractivity contribution is 6.09. The number of hydrogen-bond donors (Lipinski definition) is 2. The van der Waals surface area contributed by atoms with Gasteiger partial charge < -0.3 is 19.9 Å². The summed E-state index contributed by atoms with van der Waals surface area (Å²) in [6, 6.07) is 14.1. The zero-order chi connectivity index (χ0) is 26.6. The molecule has 3 heterocycles. The second-order valence-corrected chi connectivity index (χ2v) is 11.1. The first-order valence-corrected chi connectivity index (χ1v) is 13.5. The van der Waals surface area contributed by atoms with Gasteiger partial charge in [0, 0.05) is 37.3 Å². The van der Waals surface area contributed by atoms with E-state index in [1.165, 1.54) is 14.0 Å². The third-order valence-electron chi connectivity index (χ3n) is 9.30. The minimum Gasteiger partial charge on any atom is -0.496 e. The van der Waals surface area contributed by atoms with Crippen LogP contribution in [0.3, 0.4) is 0 Å². The number of piperidine rings is 2. The van der Waals surface area contributed by atoms with Gasteiger partial charge in [-0.15, -0.1) is 0 Å². The monoisotopic (exact) mass is 517 g/mol. The Labute approximate surface area is 223 Å². The number of nitrogens with one attached hydrogen (secondary N) is 1. The first-order chi connectivity index (χ1) is 18.4. The number of para-hydroxylation sites is 1. The zero-order valence-electron chi connectivity index (χ0n) is 22.1. The summed E-state index contributed by atoms with van der Waals surface area (Å²) in [6.45, 7) is 3.26. The van der Waals surface area contributed by atoms with Crippen LogP contribution in [-0.4, -0.2) is 67.0 Å². The van der Waals surface area contributed by atoms with Crippen LogP contribution in [0.25, 0.3) is 0 Å². The maximum Gasteiger partial charge on any atom is 0.311 e. The second-order valence-electron chi connectivity index (χ2n) is 11.1. The normalized spacial score (nSPS) is 31.7. The number of fused-ring (bicyclic) bond motifs is 6. The molecular weight excluding hydrogens is 482 g/mol. The smallest absolute Gasteiger partial charge is 0.311 e. The third kappa shape index (κ3) is 3.76. The molecule has 1 aliphatic carbocycles. The summed E-state index contributed by atoms with van der Waals surface area (Å²) in [4.78, 5) is 32.5. The van der Waals surface area contributed by atoms with Crippen LogP contribution in [0.5, 0.6) is 5.75 Å². The van der Waals surface area contributed by atoms with E-state index in [0.29, 0.717) is 12.3 Å². The molecule has 0 bridgehead atoms. The maximum atomic E-state index is 12.8. The fourth-order valence-corrected chi connectivity index (χ4v) is 7.73. The Hall–Kier alpha value is -3.23. The molecule has 2 saturated heterocycles. The first kappa shape index (κ1) is 25.1. The Morgan fingerprint density at radius 1 is 1.13 bits per heavy atom. The van der Waals surface area contributed by atoms with Crippen molar-refractivity contribution in [3.63, 3.8) is 0 Å². The van der Waals surface area contributed by atoms with E-state index in [2.05, 4.69) is 28.4 Å². The number of esters is 1. The quantitative estimate of drug-likeness (QED) is 0.601. The minimum absolute atomic E-state index is 0.0176. The van der Waals surface area contributed by atoms with Crippen molar-refractivity contribution >= 4 is 29.0 Å². The molecule has 0 unspecified atom stereocenters. The Morgan fingerprint density at radius 3 is 2.71 bits per heavy atom. The summed E-state index contributed by atoms with van der Waals surface area (Å²) in [5.41, 5.74) is 4.35. The van der Waals surface area contributed by atoms with Gasteiger partial charge in [0.25, 0.3) is 0 Å². The summed E-state index contributed by atoms with van der Waals surface area (Å²) in [7, 11) is 3.08. The average molecular weight is 518 g/mol. The first-order valence-electron chi connectivity index (χ1n) is 13.5. The molecule has 0 aromatic heterocycles. The van der Waals surface area contributed by atoms with Gasteiger partial charge >= 0.3 is 5.97 Å². The van der Waals surface area contributed by atoms with Gasteiger partial charge in [-0.3, -0.25) is 19.5 Å². The van der Waals surface area contributed by atoms with Crippen molar-refractivity contribution in [1.82, 2.24) is 4.90 Å². The number of aliphatic hydroxyl groups excluding tert-OH is 1. The molecule has 200 valence electrons. The molecule has 0 spiro atoms. The predicted octanol–water partition coefficient (Wildman–Crippen LogP) is 3.68. The lowest BCUT2D eigenvalue weighted by Crippen LogP contribution is -2.63. The number of anilines is 1. The molecule has 2 aromatic rings. The lowest BCUT2D eigenvalue weighted by Gasteiger charge is -2.54. The molecule has 2 N–H and O–H groups in total. The zero-order valence-corrected chi connectivity index (χ0v) is 22.1. The number of amides is 1. The molecule has 6 atom stereocenters. The van der Waals surface area contributed by atoms with Gasteiger partial charge in [-0.2, -0.15) is 0 Å². The minimum atomic E-state index is -0.680. The van der Waals surface area contributed by atoms with Gasteiger partial charge in [-0.25, -0.2) is 0 Å². The third-order valence-corrected chi connectivity index (χ3v) is 9.30. The number of aliphatic imine (C=N–C) groups is 1. The Kier molecular flexibility index (Phi) is 6.27. The van der Waals surface area contributed by atoms with E-state index in [1.807, 2.05) is 24.3 Å². The van der Waals surface area contributed by atoms with E-state index in [-0.39, 0.29) is 23.8 Å². The van der Waals surface area contributed by atoms with E-state index >= 15 is 0 Å². The molecule has 4 aliphatic rings. The Bertz CT molecular complexity index is 1310. The highest BCUT2D eigenvalue weighted by Crippen LogP contribution is 2.56. The number of benzene rings is 2. The van der Waals surface area contributed by atoms with Crippen LogP contribution in [0.15, 0.2) is 47.5 Å². The Balaban J connectivity index is 1.47. The van der Waals surface area contributed by atoms with E-state index in [9.17, 15) is 14.7 Å². The van der Waals surface area contributed by atoms with Gasteiger partial charge in [0.1, 0.15) is 5.75 Å². The van der Waals surface area contributed by atoms with E-state index in [0.717, 1.165) is 66.3 Å². The lowest BCUT2D eigenvalue weighted by atomic mass is 9.59. The largest absolute Gasteiger partial charge is 0.496 e. The molecule has 38 heavy (non-hydrogen) atoms. The summed E-state index contributed by atoms with van der Waals surface area (Å²) in [5.74, 6) is 0.169. The van der Waals surface area contributed by atoms with Crippen LogP contribution in [-0.2, 0) is 19.7 Å². The summed E-state index contributed by atoms with van der Waals surface area (Å²) >= 11 is 0. The molecule has 0 radical (unpaired) electrons. The number of carbonyl (C=O) groups excluding carboxylic acids is 2. The predicted molar refractivity (Wildman–Crippen MR) is 144 cm³/mol. The summed E-state index contributed by atoms with van der Waals surface area (Å²) in [5, 5.41) is 13.8.